The van der Waals surface area contributed by atoms with Crippen LogP contribution in [0.1, 0.15) is 42.3 Å². The van der Waals surface area contributed by atoms with E-state index in [4.69, 9.17) is 5.73 Å². The van der Waals surface area contributed by atoms with Crippen molar-refractivity contribution < 1.29 is 9.59 Å². The molecule has 1 aromatic heterocycles. The molecule has 1 aliphatic rings. The van der Waals surface area contributed by atoms with E-state index < -0.39 is 0 Å². The SMILES string of the molecule is CC1CCN(C(=O)CCC(=O)c2cccs2)C(CN)C1.Cl. The lowest BCUT2D eigenvalue weighted by atomic mass is 9.92. The number of amides is 1. The monoisotopic (exact) mass is 330 g/mol. The molecule has 0 aromatic carbocycles. The van der Waals surface area contributed by atoms with Crippen LogP contribution in [-0.4, -0.2) is 35.7 Å². The lowest BCUT2D eigenvalue weighted by Crippen LogP contribution is -2.49. The molecule has 21 heavy (non-hydrogen) atoms. The number of halogens is 1. The zero-order valence-electron chi connectivity index (χ0n) is 12.3. The van der Waals surface area contributed by atoms with E-state index in [1.165, 1.54) is 11.3 Å². The molecule has 1 amide bonds. The van der Waals surface area contributed by atoms with E-state index in [1.807, 2.05) is 22.4 Å². The highest BCUT2D eigenvalue weighted by molar-refractivity contribution is 7.12. The number of nitrogens with two attached hydrogens (primary N) is 1. The minimum atomic E-state index is 0. The number of carbonyl (C=O) groups excluding carboxylic acids is 2. The minimum absolute atomic E-state index is 0. The molecule has 2 N–H and O–H groups in total. The van der Waals surface area contributed by atoms with Crippen LogP contribution >= 0.6 is 23.7 Å². The molecule has 0 saturated carbocycles. The van der Waals surface area contributed by atoms with Crippen LogP contribution in [0.25, 0.3) is 0 Å². The summed E-state index contributed by atoms with van der Waals surface area (Å²) in [6.07, 6.45) is 2.59. The summed E-state index contributed by atoms with van der Waals surface area (Å²) in [4.78, 5) is 26.8. The summed E-state index contributed by atoms with van der Waals surface area (Å²) in [5, 5.41) is 1.88. The minimum Gasteiger partial charge on any atom is -0.338 e. The number of nitrogens with zero attached hydrogens (tertiary/aromatic N) is 1. The van der Waals surface area contributed by atoms with Crippen LogP contribution in [0, 0.1) is 5.92 Å². The Balaban J connectivity index is 0.00000220. The lowest BCUT2D eigenvalue weighted by molar-refractivity contribution is -0.135. The van der Waals surface area contributed by atoms with Crippen molar-refractivity contribution >= 4 is 35.4 Å². The molecule has 0 aliphatic carbocycles. The summed E-state index contributed by atoms with van der Waals surface area (Å²) in [6, 6.07) is 3.81. The molecule has 0 bridgehead atoms. The van der Waals surface area contributed by atoms with E-state index in [-0.39, 0.29) is 30.1 Å². The summed E-state index contributed by atoms with van der Waals surface area (Å²) >= 11 is 1.43. The van der Waals surface area contributed by atoms with Gasteiger partial charge in [-0.1, -0.05) is 13.0 Å². The van der Waals surface area contributed by atoms with Gasteiger partial charge in [-0.2, -0.15) is 0 Å². The number of ketones is 1. The van der Waals surface area contributed by atoms with Crippen molar-refractivity contribution in [2.24, 2.45) is 11.7 Å². The van der Waals surface area contributed by atoms with Crippen LogP contribution in [0.3, 0.4) is 0 Å². The molecule has 1 saturated heterocycles. The molecule has 1 aromatic rings. The molecule has 0 radical (unpaired) electrons. The Morgan fingerprint density at radius 2 is 2.19 bits per heavy atom. The first kappa shape index (κ1) is 18.1. The van der Waals surface area contributed by atoms with Gasteiger partial charge in [0.15, 0.2) is 5.78 Å². The number of hydrogen-bond donors (Lipinski definition) is 1. The van der Waals surface area contributed by atoms with E-state index in [2.05, 4.69) is 6.92 Å². The van der Waals surface area contributed by atoms with Gasteiger partial charge in [-0.15, -0.1) is 23.7 Å². The van der Waals surface area contributed by atoms with Gasteiger partial charge in [0.2, 0.25) is 5.91 Å². The van der Waals surface area contributed by atoms with Crippen molar-refractivity contribution in [1.82, 2.24) is 4.90 Å². The Morgan fingerprint density at radius 1 is 1.43 bits per heavy atom. The fraction of sp³-hybridized carbons (Fsp3) is 0.600. The van der Waals surface area contributed by atoms with Crippen molar-refractivity contribution in [1.29, 1.82) is 0 Å². The molecule has 2 heterocycles. The molecule has 4 nitrogen and oxygen atoms in total. The van der Waals surface area contributed by atoms with Gasteiger partial charge in [0.25, 0.3) is 0 Å². The number of hydrogen-bond acceptors (Lipinski definition) is 4. The molecule has 1 aliphatic heterocycles. The largest absolute Gasteiger partial charge is 0.338 e. The van der Waals surface area contributed by atoms with Gasteiger partial charge in [-0.05, 0) is 30.2 Å². The van der Waals surface area contributed by atoms with Crippen LogP contribution in [-0.2, 0) is 4.79 Å². The Kier molecular flexibility index (Phi) is 7.35. The third-order valence-corrected chi connectivity index (χ3v) is 4.84. The zero-order valence-corrected chi connectivity index (χ0v) is 13.9. The fourth-order valence-electron chi connectivity index (χ4n) is 2.73. The van der Waals surface area contributed by atoms with Gasteiger partial charge in [-0.25, -0.2) is 0 Å². The Labute approximate surface area is 136 Å². The molecule has 2 unspecified atom stereocenters. The maximum atomic E-state index is 12.3. The highest BCUT2D eigenvalue weighted by Gasteiger charge is 2.28. The van der Waals surface area contributed by atoms with Crippen LogP contribution in [0.2, 0.25) is 0 Å². The fourth-order valence-corrected chi connectivity index (χ4v) is 3.42. The van der Waals surface area contributed by atoms with Gasteiger partial charge in [0.1, 0.15) is 0 Å². The van der Waals surface area contributed by atoms with Crippen molar-refractivity contribution in [3.05, 3.63) is 22.4 Å². The number of Topliss-reactive ketones (excluding diaryl/α,β-unsaturated/α-hetero) is 1. The van der Waals surface area contributed by atoms with Crippen molar-refractivity contribution in [2.45, 2.75) is 38.6 Å². The van der Waals surface area contributed by atoms with Crippen molar-refractivity contribution in [3.63, 3.8) is 0 Å². The van der Waals surface area contributed by atoms with Crippen molar-refractivity contribution in [3.8, 4) is 0 Å². The lowest BCUT2D eigenvalue weighted by Gasteiger charge is -2.38. The standard InChI is InChI=1S/C15H22N2O2S.ClH/c1-11-6-7-17(12(9-11)10-16)15(19)5-4-13(18)14-3-2-8-20-14;/h2-3,8,11-12H,4-7,9-10,16H2,1H3;1H. The highest BCUT2D eigenvalue weighted by Crippen LogP contribution is 2.23. The van der Waals surface area contributed by atoms with E-state index in [0.29, 0.717) is 25.3 Å². The highest BCUT2D eigenvalue weighted by atomic mass is 35.5. The molecule has 6 heteroatoms. The molecule has 2 rings (SSSR count). The Hall–Kier alpha value is -0.910. The first-order valence-electron chi connectivity index (χ1n) is 7.18. The molecule has 1 fully saturated rings. The average molecular weight is 331 g/mol. The van der Waals surface area contributed by atoms with E-state index in [0.717, 1.165) is 24.3 Å². The predicted octanol–water partition coefficient (Wildman–Crippen LogP) is 2.72. The summed E-state index contributed by atoms with van der Waals surface area (Å²) < 4.78 is 0. The second-order valence-corrected chi connectivity index (χ2v) is 6.45. The molecule has 118 valence electrons. The van der Waals surface area contributed by atoms with E-state index in [1.54, 1.807) is 0 Å². The summed E-state index contributed by atoms with van der Waals surface area (Å²) in [5.41, 5.74) is 5.77. The average Bonchev–Trinajstić information content (AvgIpc) is 2.98. The van der Waals surface area contributed by atoms with Crippen LogP contribution in [0.4, 0.5) is 0 Å². The Bertz CT molecular complexity index is 464. The van der Waals surface area contributed by atoms with Gasteiger partial charge in [0, 0.05) is 32.0 Å². The topological polar surface area (TPSA) is 63.4 Å². The van der Waals surface area contributed by atoms with Crippen LogP contribution in [0.5, 0.6) is 0 Å². The van der Waals surface area contributed by atoms with Gasteiger partial charge in [-0.3, -0.25) is 9.59 Å². The summed E-state index contributed by atoms with van der Waals surface area (Å²) in [5.74, 6) is 0.751. The number of carbonyl (C=O) groups is 2. The van der Waals surface area contributed by atoms with Crippen molar-refractivity contribution in [2.75, 3.05) is 13.1 Å². The quantitative estimate of drug-likeness (QED) is 0.844. The smallest absolute Gasteiger partial charge is 0.223 e. The van der Waals surface area contributed by atoms with Crippen LogP contribution in [0.15, 0.2) is 17.5 Å². The number of likely N-dealkylation sites (tertiary alicyclic amines) is 1. The van der Waals surface area contributed by atoms with Gasteiger partial charge in [0.05, 0.1) is 4.88 Å². The first-order valence-corrected chi connectivity index (χ1v) is 8.06. The molecule has 2 atom stereocenters. The van der Waals surface area contributed by atoms with Crippen LogP contribution < -0.4 is 5.73 Å². The number of piperidine rings is 1. The normalized spacial score (nSPS) is 21.7. The van der Waals surface area contributed by atoms with Gasteiger partial charge >= 0.3 is 0 Å². The second-order valence-electron chi connectivity index (χ2n) is 5.51. The maximum absolute atomic E-state index is 12.3. The number of thiophene rings is 1. The molecule has 0 spiro atoms. The van der Waals surface area contributed by atoms with E-state index in [9.17, 15) is 9.59 Å². The van der Waals surface area contributed by atoms with E-state index >= 15 is 0 Å². The summed E-state index contributed by atoms with van der Waals surface area (Å²) in [7, 11) is 0. The molecular weight excluding hydrogens is 308 g/mol. The zero-order chi connectivity index (χ0) is 14.5. The Morgan fingerprint density at radius 3 is 2.81 bits per heavy atom. The third kappa shape index (κ3) is 4.80. The molecular formula is C15H23ClN2O2S. The first-order chi connectivity index (χ1) is 9.61. The predicted molar refractivity (Wildman–Crippen MR) is 88.1 cm³/mol. The number of rotatable bonds is 5. The maximum Gasteiger partial charge on any atom is 0.223 e. The summed E-state index contributed by atoms with van der Waals surface area (Å²) in [6.45, 7) is 3.48. The van der Waals surface area contributed by atoms with Gasteiger partial charge < -0.3 is 10.6 Å². The second kappa shape index (κ2) is 8.51. The third-order valence-electron chi connectivity index (χ3n) is 3.93.